The lowest BCUT2D eigenvalue weighted by molar-refractivity contribution is 0.240. The van der Waals surface area contributed by atoms with Gasteiger partial charge in [-0.25, -0.2) is 13.1 Å². The molecule has 0 bridgehead atoms. The molecule has 30 heavy (non-hydrogen) atoms. The Bertz CT molecular complexity index is 863. The van der Waals surface area contributed by atoms with Gasteiger partial charge in [0.2, 0.25) is 10.0 Å². The van der Waals surface area contributed by atoms with E-state index in [1.165, 1.54) is 0 Å². The molecule has 0 radical (unpaired) electrons. The molecule has 0 fully saturated rings. The molecule has 0 saturated heterocycles. The van der Waals surface area contributed by atoms with Crippen molar-refractivity contribution in [1.82, 2.24) is 4.72 Å². The zero-order valence-electron chi connectivity index (χ0n) is 20.5. The summed E-state index contributed by atoms with van der Waals surface area (Å²) in [5.41, 5.74) is 2.59. The number of nitrogens with one attached hydrogen (secondary N) is 1. The van der Waals surface area contributed by atoms with Crippen molar-refractivity contribution in [2.45, 2.75) is 97.5 Å². The molecule has 1 aromatic carbocycles. The van der Waals surface area contributed by atoms with Gasteiger partial charge in [-0.15, -0.1) is 0 Å². The lowest BCUT2D eigenvalue weighted by Gasteiger charge is -2.38. The van der Waals surface area contributed by atoms with E-state index in [4.69, 9.17) is 4.43 Å². The molecular weight excluding hydrogens is 478 g/mol. The van der Waals surface area contributed by atoms with Crippen LogP contribution in [0.3, 0.4) is 0 Å². The highest BCUT2D eigenvalue weighted by Gasteiger charge is 2.39. The van der Waals surface area contributed by atoms with E-state index in [1.54, 1.807) is 0 Å². The van der Waals surface area contributed by atoms with Gasteiger partial charge in [-0.1, -0.05) is 74.3 Å². The first-order chi connectivity index (χ1) is 13.4. The minimum atomic E-state index is -3.66. The molecule has 0 unspecified atom stereocenters. The second-order valence-corrected chi connectivity index (χ2v) is 17.5. The van der Waals surface area contributed by atoms with Gasteiger partial charge in [0.25, 0.3) is 0 Å². The zero-order valence-corrected chi connectivity index (χ0v) is 23.9. The Hall–Kier alpha value is -0.473. The van der Waals surface area contributed by atoms with Gasteiger partial charge in [0.1, 0.15) is 0 Å². The molecule has 0 aromatic heterocycles. The van der Waals surface area contributed by atoms with Gasteiger partial charge in [-0.05, 0) is 62.9 Å². The Morgan fingerprint density at radius 2 is 1.57 bits per heavy atom. The summed E-state index contributed by atoms with van der Waals surface area (Å²) in [5, 5.41) is 0.105. The highest BCUT2D eigenvalue weighted by molar-refractivity contribution is 9.11. The second kappa shape index (κ2) is 9.99. The van der Waals surface area contributed by atoms with E-state index >= 15 is 0 Å². The van der Waals surface area contributed by atoms with Crippen molar-refractivity contribution in [2.75, 3.05) is 0 Å². The van der Waals surface area contributed by atoms with Crippen LogP contribution in [0.5, 0.6) is 0 Å². The third-order valence-corrected chi connectivity index (χ3v) is 13.1. The number of halogens is 1. The van der Waals surface area contributed by atoms with Crippen molar-refractivity contribution < 1.29 is 12.8 Å². The normalized spacial score (nSPS) is 16.1. The number of rotatable bonds is 8. The van der Waals surface area contributed by atoms with Crippen molar-refractivity contribution in [3.63, 3.8) is 0 Å². The Labute approximate surface area is 194 Å². The smallest absolute Gasteiger partial charge is 0.241 e. The molecule has 0 saturated carbocycles. The van der Waals surface area contributed by atoms with Crippen LogP contribution < -0.4 is 4.72 Å². The van der Waals surface area contributed by atoms with Gasteiger partial charge >= 0.3 is 0 Å². The minimum absolute atomic E-state index is 0.0819. The molecule has 0 heterocycles. The molecule has 1 N–H and O–H groups in total. The first kappa shape index (κ1) is 27.6. The van der Waals surface area contributed by atoms with Crippen LogP contribution in [0.25, 0.3) is 0 Å². The second-order valence-electron chi connectivity index (χ2n) is 10.2. The van der Waals surface area contributed by atoms with Crippen LogP contribution in [0.4, 0.5) is 0 Å². The maximum atomic E-state index is 13.2. The van der Waals surface area contributed by atoms with E-state index in [9.17, 15) is 8.42 Å². The highest BCUT2D eigenvalue weighted by Crippen LogP contribution is 2.38. The van der Waals surface area contributed by atoms with Gasteiger partial charge in [-0.3, -0.25) is 0 Å². The molecule has 172 valence electrons. The quantitative estimate of drug-likeness (QED) is 0.394. The van der Waals surface area contributed by atoms with Gasteiger partial charge in [0.05, 0.1) is 11.0 Å². The van der Waals surface area contributed by atoms with Crippen LogP contribution >= 0.6 is 15.9 Å². The minimum Gasteiger partial charge on any atom is -0.410 e. The Morgan fingerprint density at radius 1 is 1.10 bits per heavy atom. The maximum Gasteiger partial charge on any atom is 0.241 e. The average molecular weight is 519 g/mol. The monoisotopic (exact) mass is 517 g/mol. The van der Waals surface area contributed by atoms with Gasteiger partial charge in [-0.2, -0.15) is 0 Å². The first-order valence-electron chi connectivity index (χ1n) is 10.5. The number of benzene rings is 1. The lowest BCUT2D eigenvalue weighted by Crippen LogP contribution is -2.43. The summed E-state index contributed by atoms with van der Waals surface area (Å²) in [4.78, 5) is 0.369. The summed E-state index contributed by atoms with van der Waals surface area (Å²) >= 11 is 3.66. The zero-order chi connectivity index (χ0) is 23.7. The molecule has 1 aromatic rings. The third-order valence-electron chi connectivity index (χ3n) is 5.89. The summed E-state index contributed by atoms with van der Waals surface area (Å²) in [6, 6.07) is 3.47. The largest absolute Gasteiger partial charge is 0.410 e. The first-order valence-corrected chi connectivity index (χ1v) is 15.7. The molecule has 0 aliphatic heterocycles. The predicted octanol–water partition coefficient (Wildman–Crippen LogP) is 6.60. The fourth-order valence-electron chi connectivity index (χ4n) is 3.17. The van der Waals surface area contributed by atoms with Crippen molar-refractivity contribution in [3.8, 4) is 0 Å². The molecule has 0 spiro atoms. The van der Waals surface area contributed by atoms with E-state index in [2.05, 4.69) is 54.5 Å². The van der Waals surface area contributed by atoms with Crippen LogP contribution in [-0.2, 0) is 14.4 Å². The topological polar surface area (TPSA) is 55.4 Å². The van der Waals surface area contributed by atoms with Crippen molar-refractivity contribution in [3.05, 3.63) is 39.4 Å². The van der Waals surface area contributed by atoms with Crippen LogP contribution in [-0.4, -0.2) is 28.9 Å². The van der Waals surface area contributed by atoms with Crippen molar-refractivity contribution in [1.29, 1.82) is 0 Å². The molecular formula is C23H40BrNO3SSi. The summed E-state index contributed by atoms with van der Waals surface area (Å²) < 4.78 is 36.7. The van der Waals surface area contributed by atoms with Gasteiger partial charge < -0.3 is 4.43 Å². The van der Waals surface area contributed by atoms with Crippen LogP contribution in [0.2, 0.25) is 18.1 Å². The van der Waals surface area contributed by atoms with Crippen LogP contribution in [0, 0.1) is 26.7 Å². The van der Waals surface area contributed by atoms with E-state index in [0.717, 1.165) is 21.2 Å². The SMILES string of the molecule is Cc1cc(C)c(S(=O)(=O)N[C@H](/C=C(\Br)[C@H](C)O[Si](C)(C)C(C)(C)C)C(C)C)c(C)c1. The fourth-order valence-corrected chi connectivity index (χ4v) is 6.87. The van der Waals surface area contributed by atoms with E-state index in [-0.39, 0.29) is 23.1 Å². The van der Waals surface area contributed by atoms with E-state index in [0.29, 0.717) is 4.90 Å². The highest BCUT2D eigenvalue weighted by atomic mass is 79.9. The fraction of sp³-hybridized carbons (Fsp3) is 0.652. The van der Waals surface area contributed by atoms with Gasteiger partial charge in [0, 0.05) is 10.5 Å². The molecule has 1 rings (SSSR count). The summed E-state index contributed by atoms with van der Waals surface area (Å²) in [6.07, 6.45) is 1.80. The predicted molar refractivity (Wildman–Crippen MR) is 134 cm³/mol. The molecule has 0 amide bonds. The third kappa shape index (κ3) is 7.02. The Morgan fingerprint density at radius 3 is 1.97 bits per heavy atom. The number of hydrogen-bond acceptors (Lipinski definition) is 3. The number of sulfonamides is 1. The summed E-state index contributed by atoms with van der Waals surface area (Å²) in [6.45, 7) is 22.8. The molecule has 7 heteroatoms. The van der Waals surface area contributed by atoms with Crippen molar-refractivity contribution in [2.24, 2.45) is 5.92 Å². The summed E-state index contributed by atoms with van der Waals surface area (Å²) in [7, 11) is -5.60. The Kier molecular flexibility index (Phi) is 9.17. The Balaban J connectivity index is 3.19. The lowest BCUT2D eigenvalue weighted by atomic mass is 10.0. The number of aryl methyl sites for hydroxylation is 3. The van der Waals surface area contributed by atoms with Crippen LogP contribution in [0.15, 0.2) is 27.6 Å². The van der Waals surface area contributed by atoms with E-state index < -0.39 is 18.3 Å². The van der Waals surface area contributed by atoms with E-state index in [1.807, 2.05) is 59.8 Å². The van der Waals surface area contributed by atoms with Crippen molar-refractivity contribution >= 4 is 34.3 Å². The molecule has 0 aliphatic carbocycles. The molecule has 2 atom stereocenters. The average Bonchev–Trinajstić information content (AvgIpc) is 2.50. The standard InChI is InChI=1S/C23H40BrNO3SSi/c1-15(2)21(14-20(24)19(6)28-30(10,11)23(7,8)9)25-29(26,27)22-17(4)12-16(3)13-18(22)5/h12-15,19,21,25H,1-11H3/b20-14-/t19-,21+/m0/s1. The molecule has 4 nitrogen and oxygen atoms in total. The maximum absolute atomic E-state index is 13.2. The van der Waals surface area contributed by atoms with Crippen LogP contribution in [0.1, 0.15) is 58.2 Å². The summed E-state index contributed by atoms with van der Waals surface area (Å²) in [5.74, 6) is 0.0819. The van der Waals surface area contributed by atoms with Gasteiger partial charge in [0.15, 0.2) is 8.32 Å². The number of hydrogen-bond donors (Lipinski definition) is 1. The molecule has 0 aliphatic rings.